The Morgan fingerprint density at radius 3 is 1.97 bits per heavy atom. The highest BCUT2D eigenvalue weighted by molar-refractivity contribution is 5.80. The van der Waals surface area contributed by atoms with E-state index in [2.05, 4.69) is 6.92 Å². The fourth-order valence-electron chi connectivity index (χ4n) is 3.48. The van der Waals surface area contributed by atoms with Crippen molar-refractivity contribution in [3.8, 4) is 0 Å². The van der Waals surface area contributed by atoms with Crippen LogP contribution < -0.4 is 0 Å². The van der Waals surface area contributed by atoms with Gasteiger partial charge in [0.25, 0.3) is 0 Å². The first-order valence-electron chi connectivity index (χ1n) is 12.2. The lowest BCUT2D eigenvalue weighted by Crippen LogP contribution is -2.32. The normalized spacial score (nSPS) is 13.8. The summed E-state index contributed by atoms with van der Waals surface area (Å²) < 4.78 is 5.39. The SMILES string of the molecule is CCCCCCCC(=O)CCCCCC/C=C/C(C)[C@@H](CC(=O)O)C(=O)OC(C)(C)C. The first-order valence-corrected chi connectivity index (χ1v) is 12.2. The monoisotopic (exact) mass is 438 g/mol. The Balaban J connectivity index is 4.07. The Morgan fingerprint density at radius 1 is 0.903 bits per heavy atom. The molecule has 0 heterocycles. The van der Waals surface area contributed by atoms with Crippen molar-refractivity contribution in [3.63, 3.8) is 0 Å². The Kier molecular flexibility index (Phi) is 16.1. The summed E-state index contributed by atoms with van der Waals surface area (Å²) in [7, 11) is 0. The van der Waals surface area contributed by atoms with Crippen LogP contribution in [0.25, 0.3) is 0 Å². The molecule has 0 aromatic carbocycles. The number of carbonyl (C=O) groups is 3. The van der Waals surface area contributed by atoms with Crippen LogP contribution in [-0.4, -0.2) is 28.4 Å². The van der Waals surface area contributed by atoms with Crippen molar-refractivity contribution in [1.29, 1.82) is 0 Å². The summed E-state index contributed by atoms with van der Waals surface area (Å²) in [4.78, 5) is 35.4. The lowest BCUT2D eigenvalue weighted by atomic mass is 9.90. The molecule has 180 valence electrons. The van der Waals surface area contributed by atoms with Gasteiger partial charge in [-0.1, -0.05) is 64.5 Å². The van der Waals surface area contributed by atoms with Gasteiger partial charge in [0.15, 0.2) is 0 Å². The Morgan fingerprint density at radius 2 is 1.45 bits per heavy atom. The van der Waals surface area contributed by atoms with Gasteiger partial charge < -0.3 is 9.84 Å². The molecule has 0 aromatic rings. The molecule has 0 aromatic heterocycles. The van der Waals surface area contributed by atoms with Crippen molar-refractivity contribution < 1.29 is 24.2 Å². The highest BCUT2D eigenvalue weighted by Gasteiger charge is 2.30. The second-order valence-corrected chi connectivity index (χ2v) is 9.68. The number of ether oxygens (including phenoxy) is 1. The van der Waals surface area contributed by atoms with Crippen LogP contribution in [0.5, 0.6) is 0 Å². The molecular formula is C26H46O5. The number of Topliss-reactive ketones (excluding diaryl/α,β-unsaturated/α-hetero) is 1. The standard InChI is InChI=1S/C26H46O5/c1-6-7-8-11-15-18-22(27)19-16-13-10-9-12-14-17-21(2)23(20-24(28)29)25(30)31-26(3,4)5/h14,17,21,23H,6-13,15-16,18-20H2,1-5H3,(H,28,29)/b17-14+/t21?,23-/m1/s1. The van der Waals surface area contributed by atoms with Crippen LogP contribution in [0.4, 0.5) is 0 Å². The van der Waals surface area contributed by atoms with Gasteiger partial charge in [0, 0.05) is 12.8 Å². The second kappa shape index (κ2) is 17.0. The number of carbonyl (C=O) groups excluding carboxylic acids is 2. The molecule has 0 aliphatic heterocycles. The molecule has 0 fully saturated rings. The first-order chi connectivity index (χ1) is 14.6. The van der Waals surface area contributed by atoms with Gasteiger partial charge in [0.1, 0.15) is 11.4 Å². The van der Waals surface area contributed by atoms with Crippen LogP contribution in [0.1, 0.15) is 118 Å². The van der Waals surface area contributed by atoms with E-state index in [-0.39, 0.29) is 12.3 Å². The van der Waals surface area contributed by atoms with E-state index in [1.54, 1.807) is 20.8 Å². The maximum Gasteiger partial charge on any atom is 0.310 e. The minimum atomic E-state index is -0.994. The molecule has 0 amide bonds. The predicted molar refractivity (Wildman–Crippen MR) is 126 cm³/mol. The zero-order chi connectivity index (χ0) is 23.7. The number of allylic oxidation sites excluding steroid dienone is 2. The van der Waals surface area contributed by atoms with Crippen LogP contribution >= 0.6 is 0 Å². The number of ketones is 1. The van der Waals surface area contributed by atoms with Crippen molar-refractivity contribution in [2.75, 3.05) is 0 Å². The number of hydrogen-bond acceptors (Lipinski definition) is 4. The summed E-state index contributed by atoms with van der Waals surface area (Å²) in [5.74, 6) is -1.92. The molecule has 0 rings (SSSR count). The molecule has 0 radical (unpaired) electrons. The van der Waals surface area contributed by atoms with E-state index >= 15 is 0 Å². The van der Waals surface area contributed by atoms with Crippen LogP contribution in [0.2, 0.25) is 0 Å². The fraction of sp³-hybridized carbons (Fsp3) is 0.808. The van der Waals surface area contributed by atoms with Gasteiger partial charge in [0.2, 0.25) is 0 Å². The largest absolute Gasteiger partial charge is 0.481 e. The van der Waals surface area contributed by atoms with E-state index < -0.39 is 23.5 Å². The minimum Gasteiger partial charge on any atom is -0.481 e. The highest BCUT2D eigenvalue weighted by atomic mass is 16.6. The molecule has 0 aliphatic carbocycles. The number of unbranched alkanes of at least 4 members (excludes halogenated alkanes) is 8. The molecule has 5 nitrogen and oxygen atoms in total. The Labute approximate surface area is 190 Å². The summed E-state index contributed by atoms with van der Waals surface area (Å²) in [6, 6.07) is 0. The van der Waals surface area contributed by atoms with Gasteiger partial charge >= 0.3 is 11.9 Å². The maximum absolute atomic E-state index is 12.4. The lowest BCUT2D eigenvalue weighted by Gasteiger charge is -2.25. The van der Waals surface area contributed by atoms with Crippen LogP contribution in [-0.2, 0) is 19.1 Å². The smallest absolute Gasteiger partial charge is 0.310 e. The molecule has 2 atom stereocenters. The third kappa shape index (κ3) is 17.7. The number of aliphatic carboxylic acids is 1. The fourth-order valence-corrected chi connectivity index (χ4v) is 3.48. The number of esters is 1. The maximum atomic E-state index is 12.4. The molecule has 1 unspecified atom stereocenters. The number of hydrogen-bond donors (Lipinski definition) is 1. The Bertz CT molecular complexity index is 544. The molecule has 0 spiro atoms. The van der Waals surface area contributed by atoms with E-state index in [0.717, 1.165) is 44.9 Å². The molecule has 0 saturated heterocycles. The lowest BCUT2D eigenvalue weighted by molar-refractivity contribution is -0.164. The topological polar surface area (TPSA) is 80.7 Å². The average molecular weight is 439 g/mol. The summed E-state index contributed by atoms with van der Waals surface area (Å²) in [5, 5.41) is 9.14. The van der Waals surface area contributed by atoms with Gasteiger partial charge in [-0.15, -0.1) is 0 Å². The number of carboxylic acids is 1. The quantitative estimate of drug-likeness (QED) is 0.143. The molecule has 1 N–H and O–H groups in total. The van der Waals surface area contributed by atoms with Crippen molar-refractivity contribution in [1.82, 2.24) is 0 Å². The summed E-state index contributed by atoms with van der Waals surface area (Å²) >= 11 is 0. The Hall–Kier alpha value is -1.65. The van der Waals surface area contributed by atoms with Crippen molar-refractivity contribution in [2.45, 2.75) is 124 Å². The predicted octanol–water partition coefficient (Wildman–Crippen LogP) is 6.88. The van der Waals surface area contributed by atoms with Gasteiger partial charge in [-0.05, 0) is 52.4 Å². The third-order valence-electron chi connectivity index (χ3n) is 5.31. The molecule has 0 bridgehead atoms. The molecule has 31 heavy (non-hydrogen) atoms. The zero-order valence-electron chi connectivity index (χ0n) is 20.6. The number of carboxylic acid groups (broad SMARTS) is 1. The summed E-state index contributed by atoms with van der Waals surface area (Å²) in [6.07, 6.45) is 16.1. The highest BCUT2D eigenvalue weighted by Crippen LogP contribution is 2.23. The van der Waals surface area contributed by atoms with E-state index in [0.29, 0.717) is 12.2 Å². The van der Waals surface area contributed by atoms with Crippen molar-refractivity contribution in [2.24, 2.45) is 11.8 Å². The van der Waals surface area contributed by atoms with Crippen molar-refractivity contribution in [3.05, 3.63) is 12.2 Å². The van der Waals surface area contributed by atoms with Gasteiger partial charge in [-0.25, -0.2) is 0 Å². The third-order valence-corrected chi connectivity index (χ3v) is 5.31. The number of rotatable bonds is 18. The van der Waals surface area contributed by atoms with E-state index in [9.17, 15) is 14.4 Å². The van der Waals surface area contributed by atoms with Crippen LogP contribution in [0.3, 0.4) is 0 Å². The van der Waals surface area contributed by atoms with Gasteiger partial charge in [0.05, 0.1) is 12.3 Å². The average Bonchev–Trinajstić information content (AvgIpc) is 2.66. The van der Waals surface area contributed by atoms with Crippen molar-refractivity contribution >= 4 is 17.7 Å². The van der Waals surface area contributed by atoms with E-state index in [4.69, 9.17) is 9.84 Å². The van der Waals surface area contributed by atoms with Gasteiger partial charge in [-0.2, -0.15) is 0 Å². The van der Waals surface area contributed by atoms with Crippen LogP contribution in [0.15, 0.2) is 12.2 Å². The zero-order valence-corrected chi connectivity index (χ0v) is 20.6. The van der Waals surface area contributed by atoms with Crippen LogP contribution in [0, 0.1) is 11.8 Å². The first kappa shape index (κ1) is 29.4. The minimum absolute atomic E-state index is 0.194. The second-order valence-electron chi connectivity index (χ2n) is 9.68. The molecular weight excluding hydrogens is 392 g/mol. The molecule has 0 aliphatic rings. The van der Waals surface area contributed by atoms with Gasteiger partial charge in [-0.3, -0.25) is 14.4 Å². The summed E-state index contributed by atoms with van der Waals surface area (Å²) in [6.45, 7) is 9.41. The van der Waals surface area contributed by atoms with E-state index in [1.807, 2.05) is 19.1 Å². The summed E-state index contributed by atoms with van der Waals surface area (Å²) in [5.41, 5.74) is -0.631. The molecule has 5 heteroatoms. The van der Waals surface area contributed by atoms with E-state index in [1.165, 1.54) is 25.7 Å². The molecule has 0 saturated carbocycles.